The largest absolute Gasteiger partial charge is 0.327 e. The Bertz CT molecular complexity index is 491. The normalized spacial score (nSPS) is 12.6. The molecule has 0 spiro atoms. The summed E-state index contributed by atoms with van der Waals surface area (Å²) in [4.78, 5) is 1.45. The molecule has 0 aliphatic rings. The molecule has 1 aromatic heterocycles. The number of benzene rings is 1. The van der Waals surface area contributed by atoms with E-state index in [0.29, 0.717) is 12.2 Å². The van der Waals surface area contributed by atoms with Gasteiger partial charge in [-0.2, -0.15) is 4.80 Å². The lowest BCUT2D eigenvalue weighted by Gasteiger charge is -2.09. The van der Waals surface area contributed by atoms with Gasteiger partial charge in [0.2, 0.25) is 0 Å². The summed E-state index contributed by atoms with van der Waals surface area (Å²) in [6, 6.07) is 8.42. The molecule has 2 N–H and O–H groups in total. The fourth-order valence-electron chi connectivity index (χ4n) is 1.85. The van der Waals surface area contributed by atoms with Crippen LogP contribution in [0.3, 0.4) is 0 Å². The van der Waals surface area contributed by atoms with Crippen LogP contribution in [-0.2, 0) is 19.9 Å². The van der Waals surface area contributed by atoms with Crippen LogP contribution in [-0.4, -0.2) is 26.2 Å². The zero-order chi connectivity index (χ0) is 12.3. The first-order chi connectivity index (χ1) is 8.13. The Balaban J connectivity index is 1.95. The van der Waals surface area contributed by atoms with E-state index in [4.69, 9.17) is 5.73 Å². The summed E-state index contributed by atoms with van der Waals surface area (Å²) in [5.41, 5.74) is 8.59. The van der Waals surface area contributed by atoms with E-state index in [2.05, 4.69) is 46.6 Å². The highest BCUT2D eigenvalue weighted by Gasteiger charge is 2.09. The van der Waals surface area contributed by atoms with E-state index in [1.807, 2.05) is 0 Å². The number of tetrazole rings is 1. The van der Waals surface area contributed by atoms with Gasteiger partial charge in [-0.1, -0.05) is 29.8 Å². The molecule has 17 heavy (non-hydrogen) atoms. The van der Waals surface area contributed by atoms with E-state index in [1.54, 1.807) is 7.05 Å². The Labute approximate surface area is 101 Å². The smallest absolute Gasteiger partial charge is 0.176 e. The molecule has 1 unspecified atom stereocenters. The minimum atomic E-state index is 0.0287. The lowest BCUT2D eigenvalue weighted by atomic mass is 10.0. The first-order valence-electron chi connectivity index (χ1n) is 5.67. The van der Waals surface area contributed by atoms with Crippen LogP contribution in [0.1, 0.15) is 17.0 Å². The number of aromatic nitrogens is 4. The van der Waals surface area contributed by atoms with E-state index < -0.39 is 0 Å². The van der Waals surface area contributed by atoms with E-state index in [-0.39, 0.29) is 6.04 Å². The fourth-order valence-corrected chi connectivity index (χ4v) is 1.85. The van der Waals surface area contributed by atoms with Crippen LogP contribution in [0, 0.1) is 6.92 Å². The Morgan fingerprint density at radius 3 is 2.82 bits per heavy atom. The lowest BCUT2D eigenvalue weighted by Crippen LogP contribution is -2.26. The summed E-state index contributed by atoms with van der Waals surface area (Å²) >= 11 is 0. The van der Waals surface area contributed by atoms with Crippen LogP contribution in [0.4, 0.5) is 0 Å². The lowest BCUT2D eigenvalue weighted by molar-refractivity contribution is 0.615. The quantitative estimate of drug-likeness (QED) is 0.838. The van der Waals surface area contributed by atoms with E-state index in [1.165, 1.54) is 15.9 Å². The van der Waals surface area contributed by atoms with E-state index in [0.717, 1.165) is 6.42 Å². The molecule has 2 rings (SSSR count). The van der Waals surface area contributed by atoms with Gasteiger partial charge in [0.1, 0.15) is 0 Å². The highest BCUT2D eigenvalue weighted by atomic mass is 15.6. The number of hydrogen-bond acceptors (Lipinski definition) is 4. The van der Waals surface area contributed by atoms with Gasteiger partial charge in [-0.05, 0) is 24.1 Å². The second kappa shape index (κ2) is 5.05. The number of rotatable bonds is 4. The van der Waals surface area contributed by atoms with Crippen molar-refractivity contribution in [1.29, 1.82) is 0 Å². The zero-order valence-electron chi connectivity index (χ0n) is 10.2. The first kappa shape index (κ1) is 11.7. The van der Waals surface area contributed by atoms with Crippen LogP contribution in [0.15, 0.2) is 24.3 Å². The van der Waals surface area contributed by atoms with E-state index in [9.17, 15) is 0 Å². The minimum absolute atomic E-state index is 0.0287. The zero-order valence-corrected chi connectivity index (χ0v) is 10.2. The van der Waals surface area contributed by atoms with Crippen LogP contribution < -0.4 is 5.73 Å². The second-order valence-corrected chi connectivity index (χ2v) is 4.35. The Kier molecular flexibility index (Phi) is 3.49. The minimum Gasteiger partial charge on any atom is -0.327 e. The van der Waals surface area contributed by atoms with Gasteiger partial charge in [-0.3, -0.25) is 0 Å². The molecule has 0 radical (unpaired) electrons. The molecule has 0 saturated carbocycles. The molecule has 1 heterocycles. The topological polar surface area (TPSA) is 69.6 Å². The number of aryl methyl sites for hydroxylation is 2. The van der Waals surface area contributed by atoms with Gasteiger partial charge in [0.25, 0.3) is 0 Å². The Morgan fingerprint density at radius 2 is 2.18 bits per heavy atom. The van der Waals surface area contributed by atoms with Crippen LogP contribution >= 0.6 is 0 Å². The number of hydrogen-bond donors (Lipinski definition) is 1. The fraction of sp³-hybridized carbons (Fsp3) is 0.417. The summed E-state index contributed by atoms with van der Waals surface area (Å²) in [5, 5.41) is 11.9. The van der Waals surface area contributed by atoms with Gasteiger partial charge in [0.15, 0.2) is 5.82 Å². The average Bonchev–Trinajstić information content (AvgIpc) is 2.63. The maximum absolute atomic E-state index is 6.08. The van der Waals surface area contributed by atoms with Crippen molar-refractivity contribution >= 4 is 0 Å². The van der Waals surface area contributed by atoms with Crippen LogP contribution in [0.25, 0.3) is 0 Å². The summed E-state index contributed by atoms with van der Waals surface area (Å²) in [7, 11) is 1.75. The third-order valence-corrected chi connectivity index (χ3v) is 2.57. The van der Waals surface area contributed by atoms with Crippen molar-refractivity contribution < 1.29 is 0 Å². The summed E-state index contributed by atoms with van der Waals surface area (Å²) in [6.07, 6.45) is 1.49. The highest BCUT2D eigenvalue weighted by Crippen LogP contribution is 2.07. The van der Waals surface area contributed by atoms with Crippen molar-refractivity contribution in [3.8, 4) is 0 Å². The molecule has 0 aliphatic heterocycles. The Hall–Kier alpha value is -1.75. The summed E-state index contributed by atoms with van der Waals surface area (Å²) in [6.45, 7) is 2.08. The molecule has 0 aliphatic carbocycles. The monoisotopic (exact) mass is 231 g/mol. The molecule has 5 nitrogen and oxygen atoms in total. The molecule has 1 aromatic carbocycles. The summed E-state index contributed by atoms with van der Waals surface area (Å²) < 4.78 is 0. The molecular weight excluding hydrogens is 214 g/mol. The molecule has 0 amide bonds. The molecule has 5 heteroatoms. The van der Waals surface area contributed by atoms with Gasteiger partial charge in [-0.15, -0.1) is 10.2 Å². The maximum Gasteiger partial charge on any atom is 0.176 e. The molecule has 90 valence electrons. The van der Waals surface area contributed by atoms with Crippen molar-refractivity contribution in [2.24, 2.45) is 12.8 Å². The molecule has 1 atom stereocenters. The molecule has 0 fully saturated rings. The van der Waals surface area contributed by atoms with Crippen LogP contribution in [0.2, 0.25) is 0 Å². The van der Waals surface area contributed by atoms with Gasteiger partial charge in [0.05, 0.1) is 7.05 Å². The van der Waals surface area contributed by atoms with Crippen molar-refractivity contribution in [2.75, 3.05) is 0 Å². The van der Waals surface area contributed by atoms with Gasteiger partial charge in [-0.25, -0.2) is 0 Å². The molecule has 0 saturated heterocycles. The van der Waals surface area contributed by atoms with Crippen LogP contribution in [0.5, 0.6) is 0 Å². The molecule has 0 bridgehead atoms. The number of nitrogens with two attached hydrogens (primary N) is 1. The third kappa shape index (κ3) is 3.35. The molecule has 2 aromatic rings. The summed E-state index contributed by atoms with van der Waals surface area (Å²) in [5.74, 6) is 0.702. The second-order valence-electron chi connectivity index (χ2n) is 4.35. The van der Waals surface area contributed by atoms with E-state index >= 15 is 0 Å². The molecular formula is C12H17N5. The third-order valence-electron chi connectivity index (χ3n) is 2.57. The van der Waals surface area contributed by atoms with Crippen molar-refractivity contribution in [3.63, 3.8) is 0 Å². The van der Waals surface area contributed by atoms with Crippen molar-refractivity contribution in [1.82, 2.24) is 20.2 Å². The van der Waals surface area contributed by atoms with Gasteiger partial charge >= 0.3 is 0 Å². The SMILES string of the molecule is Cc1cccc(CC(N)Cc2nnn(C)n2)c1. The van der Waals surface area contributed by atoms with Gasteiger partial charge < -0.3 is 5.73 Å². The first-order valence-corrected chi connectivity index (χ1v) is 5.67. The van der Waals surface area contributed by atoms with Gasteiger partial charge in [0, 0.05) is 12.5 Å². The number of nitrogens with zero attached hydrogens (tertiary/aromatic N) is 4. The Morgan fingerprint density at radius 1 is 1.35 bits per heavy atom. The predicted octanol–water partition coefficient (Wildman–Crippen LogP) is 0.631. The van der Waals surface area contributed by atoms with Crippen molar-refractivity contribution in [3.05, 3.63) is 41.2 Å². The highest BCUT2D eigenvalue weighted by molar-refractivity contribution is 5.23. The predicted molar refractivity (Wildman–Crippen MR) is 65.4 cm³/mol. The standard InChI is InChI=1S/C12H17N5/c1-9-4-3-5-10(6-9)7-11(13)8-12-14-16-17(2)15-12/h3-6,11H,7-8,13H2,1-2H3. The maximum atomic E-state index is 6.08. The average molecular weight is 231 g/mol. The van der Waals surface area contributed by atoms with Crippen molar-refractivity contribution in [2.45, 2.75) is 25.8 Å².